The Balaban J connectivity index is 1.82. The molecule has 1 amide bonds. The molecular formula is C17H24N2O3S. The van der Waals surface area contributed by atoms with E-state index in [0.29, 0.717) is 13.0 Å². The lowest BCUT2D eigenvalue weighted by Crippen LogP contribution is -2.49. The Hall–Kier alpha value is -1.40. The van der Waals surface area contributed by atoms with Crippen molar-refractivity contribution in [3.05, 3.63) is 29.8 Å². The second kappa shape index (κ2) is 6.61. The fourth-order valence-corrected chi connectivity index (χ4v) is 5.10. The Morgan fingerprint density at radius 2 is 1.65 bits per heavy atom. The summed E-state index contributed by atoms with van der Waals surface area (Å²) in [6.07, 6.45) is 4.56. The largest absolute Gasteiger partial charge is 0.341 e. The summed E-state index contributed by atoms with van der Waals surface area (Å²) >= 11 is 0. The minimum Gasteiger partial charge on any atom is -0.341 e. The maximum Gasteiger partial charge on any atom is 0.243 e. The minimum atomic E-state index is -3.60. The molecule has 1 aromatic rings. The van der Waals surface area contributed by atoms with E-state index in [1.165, 1.54) is 4.31 Å². The summed E-state index contributed by atoms with van der Waals surface area (Å²) in [5.74, 6) is -0.0158. The van der Waals surface area contributed by atoms with E-state index in [9.17, 15) is 13.2 Å². The molecule has 0 aliphatic carbocycles. The lowest BCUT2D eigenvalue weighted by Gasteiger charge is -2.32. The van der Waals surface area contributed by atoms with Gasteiger partial charge in [-0.3, -0.25) is 4.79 Å². The molecule has 0 aromatic heterocycles. The summed E-state index contributed by atoms with van der Waals surface area (Å²) in [5.41, 5.74) is 1.02. The van der Waals surface area contributed by atoms with E-state index < -0.39 is 16.1 Å². The van der Waals surface area contributed by atoms with Gasteiger partial charge in [-0.25, -0.2) is 8.42 Å². The third kappa shape index (κ3) is 3.28. The van der Waals surface area contributed by atoms with Crippen LogP contribution < -0.4 is 0 Å². The van der Waals surface area contributed by atoms with Crippen LogP contribution in [0.4, 0.5) is 0 Å². The van der Waals surface area contributed by atoms with Crippen molar-refractivity contribution < 1.29 is 13.2 Å². The van der Waals surface area contributed by atoms with E-state index >= 15 is 0 Å². The Labute approximate surface area is 138 Å². The van der Waals surface area contributed by atoms with Crippen molar-refractivity contribution in [2.24, 2.45) is 0 Å². The van der Waals surface area contributed by atoms with Crippen LogP contribution >= 0.6 is 0 Å². The molecule has 2 fully saturated rings. The summed E-state index contributed by atoms with van der Waals surface area (Å²) in [5, 5.41) is 0. The SMILES string of the molecule is Cc1ccc(S(=O)(=O)N2CCC[C@H]2C(=O)N2CCCCC2)cc1. The first-order valence-electron chi connectivity index (χ1n) is 8.37. The Kier molecular flexibility index (Phi) is 4.73. The normalized spacial score (nSPS) is 23.2. The predicted octanol–water partition coefficient (Wildman–Crippen LogP) is 2.16. The summed E-state index contributed by atoms with van der Waals surface area (Å²) < 4.78 is 27.2. The smallest absolute Gasteiger partial charge is 0.243 e. The lowest BCUT2D eigenvalue weighted by molar-refractivity contribution is -0.135. The first kappa shape index (κ1) is 16.5. The monoisotopic (exact) mass is 336 g/mol. The van der Waals surface area contributed by atoms with Crippen LogP contribution in [0.3, 0.4) is 0 Å². The van der Waals surface area contributed by atoms with E-state index in [-0.39, 0.29) is 10.8 Å². The Bertz CT molecular complexity index is 664. The number of likely N-dealkylation sites (tertiary alicyclic amines) is 1. The molecule has 2 saturated heterocycles. The Morgan fingerprint density at radius 1 is 1.00 bits per heavy atom. The summed E-state index contributed by atoms with van der Waals surface area (Å²) in [4.78, 5) is 14.9. The number of benzene rings is 1. The molecular weight excluding hydrogens is 312 g/mol. The summed E-state index contributed by atoms with van der Waals surface area (Å²) in [7, 11) is -3.60. The zero-order valence-electron chi connectivity index (χ0n) is 13.6. The van der Waals surface area contributed by atoms with Crippen molar-refractivity contribution in [3.63, 3.8) is 0 Å². The van der Waals surface area contributed by atoms with Crippen molar-refractivity contribution in [1.29, 1.82) is 0 Å². The first-order chi connectivity index (χ1) is 11.0. The van der Waals surface area contributed by atoms with Gasteiger partial charge in [-0.05, 0) is 51.2 Å². The molecule has 3 rings (SSSR count). The highest BCUT2D eigenvalue weighted by Crippen LogP contribution is 2.28. The van der Waals surface area contributed by atoms with Gasteiger partial charge in [0.1, 0.15) is 6.04 Å². The van der Waals surface area contributed by atoms with E-state index in [4.69, 9.17) is 0 Å². The second-order valence-electron chi connectivity index (χ2n) is 6.47. The molecule has 23 heavy (non-hydrogen) atoms. The molecule has 126 valence electrons. The highest BCUT2D eigenvalue weighted by molar-refractivity contribution is 7.89. The van der Waals surface area contributed by atoms with Gasteiger partial charge in [-0.1, -0.05) is 17.7 Å². The first-order valence-corrected chi connectivity index (χ1v) is 9.81. The average molecular weight is 336 g/mol. The number of hydrogen-bond donors (Lipinski definition) is 0. The number of amides is 1. The van der Waals surface area contributed by atoms with Crippen LogP contribution in [0.25, 0.3) is 0 Å². The maximum absolute atomic E-state index is 12.9. The number of sulfonamides is 1. The highest BCUT2D eigenvalue weighted by Gasteiger charge is 2.41. The zero-order chi connectivity index (χ0) is 16.4. The van der Waals surface area contributed by atoms with Crippen molar-refractivity contribution >= 4 is 15.9 Å². The van der Waals surface area contributed by atoms with Crippen LogP contribution in [0, 0.1) is 6.92 Å². The lowest BCUT2D eigenvalue weighted by atomic mass is 10.1. The molecule has 0 bridgehead atoms. The molecule has 0 N–H and O–H groups in total. The van der Waals surface area contributed by atoms with Gasteiger partial charge in [0.25, 0.3) is 0 Å². The number of carbonyl (C=O) groups is 1. The molecule has 0 radical (unpaired) electrons. The molecule has 1 aromatic carbocycles. The van der Waals surface area contributed by atoms with Crippen LogP contribution in [0.15, 0.2) is 29.2 Å². The van der Waals surface area contributed by atoms with Gasteiger partial charge in [0, 0.05) is 19.6 Å². The minimum absolute atomic E-state index is 0.0158. The van der Waals surface area contributed by atoms with Gasteiger partial charge in [-0.15, -0.1) is 0 Å². The molecule has 0 saturated carbocycles. The maximum atomic E-state index is 12.9. The molecule has 0 spiro atoms. The third-order valence-electron chi connectivity index (χ3n) is 4.78. The van der Waals surface area contributed by atoms with Crippen molar-refractivity contribution in [3.8, 4) is 0 Å². The quantitative estimate of drug-likeness (QED) is 0.850. The number of rotatable bonds is 3. The van der Waals surface area contributed by atoms with E-state index in [1.807, 2.05) is 11.8 Å². The molecule has 0 unspecified atom stereocenters. The number of aryl methyl sites for hydroxylation is 1. The van der Waals surface area contributed by atoms with E-state index in [1.54, 1.807) is 24.3 Å². The van der Waals surface area contributed by atoms with Gasteiger partial charge in [0.05, 0.1) is 4.90 Å². The van der Waals surface area contributed by atoms with Gasteiger partial charge in [0.2, 0.25) is 15.9 Å². The van der Waals surface area contributed by atoms with Crippen molar-refractivity contribution in [1.82, 2.24) is 9.21 Å². The van der Waals surface area contributed by atoms with Gasteiger partial charge in [0.15, 0.2) is 0 Å². The number of piperidine rings is 1. The number of nitrogens with zero attached hydrogens (tertiary/aromatic N) is 2. The third-order valence-corrected chi connectivity index (χ3v) is 6.71. The summed E-state index contributed by atoms with van der Waals surface area (Å²) in [6.45, 7) is 3.87. The Morgan fingerprint density at radius 3 is 2.30 bits per heavy atom. The van der Waals surface area contributed by atoms with Crippen LogP contribution in [-0.4, -0.2) is 49.2 Å². The number of hydrogen-bond acceptors (Lipinski definition) is 3. The van der Waals surface area contributed by atoms with Gasteiger partial charge < -0.3 is 4.90 Å². The van der Waals surface area contributed by atoms with Crippen LogP contribution in [0.1, 0.15) is 37.7 Å². The van der Waals surface area contributed by atoms with E-state index in [0.717, 1.165) is 44.3 Å². The second-order valence-corrected chi connectivity index (χ2v) is 8.36. The van der Waals surface area contributed by atoms with Crippen LogP contribution in [-0.2, 0) is 14.8 Å². The van der Waals surface area contributed by atoms with Crippen LogP contribution in [0.2, 0.25) is 0 Å². The van der Waals surface area contributed by atoms with E-state index in [2.05, 4.69) is 0 Å². The highest BCUT2D eigenvalue weighted by atomic mass is 32.2. The molecule has 2 aliphatic rings. The number of carbonyl (C=O) groups excluding carboxylic acids is 1. The zero-order valence-corrected chi connectivity index (χ0v) is 14.4. The predicted molar refractivity (Wildman–Crippen MR) is 88.5 cm³/mol. The topological polar surface area (TPSA) is 57.7 Å². The van der Waals surface area contributed by atoms with Gasteiger partial charge >= 0.3 is 0 Å². The molecule has 6 heteroatoms. The van der Waals surface area contributed by atoms with Crippen molar-refractivity contribution in [2.45, 2.75) is 50.0 Å². The summed E-state index contributed by atoms with van der Waals surface area (Å²) in [6, 6.07) is 6.32. The molecule has 2 aliphatic heterocycles. The fourth-order valence-electron chi connectivity index (χ4n) is 3.45. The van der Waals surface area contributed by atoms with Crippen LogP contribution in [0.5, 0.6) is 0 Å². The molecule has 1 atom stereocenters. The standard InChI is InChI=1S/C17H24N2O3S/c1-14-7-9-15(10-8-14)23(21,22)19-13-5-6-16(19)17(20)18-11-3-2-4-12-18/h7-10,16H,2-6,11-13H2,1H3/t16-/m0/s1. The molecule has 5 nitrogen and oxygen atoms in total. The van der Waals surface area contributed by atoms with Crippen molar-refractivity contribution in [2.75, 3.05) is 19.6 Å². The molecule has 2 heterocycles. The average Bonchev–Trinajstić information content (AvgIpc) is 3.06. The van der Waals surface area contributed by atoms with Gasteiger partial charge in [-0.2, -0.15) is 4.31 Å². The fraction of sp³-hybridized carbons (Fsp3) is 0.588.